The molecule has 1 aliphatic heterocycles. The molecule has 2 fully saturated rings. The van der Waals surface area contributed by atoms with Crippen LogP contribution in [-0.4, -0.2) is 58.0 Å². The molecule has 7 nitrogen and oxygen atoms in total. The highest BCUT2D eigenvalue weighted by atomic mass is 16.5. The number of carbonyl (C=O) groups excluding carboxylic acids is 1. The molecule has 1 aromatic heterocycles. The van der Waals surface area contributed by atoms with Crippen LogP contribution in [0.1, 0.15) is 57.8 Å². The third kappa shape index (κ3) is 4.76. The maximum Gasteiger partial charge on any atom is 0.266 e. The van der Waals surface area contributed by atoms with Crippen molar-refractivity contribution in [3.8, 4) is 11.4 Å². The van der Waals surface area contributed by atoms with E-state index in [1.54, 1.807) is 4.57 Å². The molecule has 7 heteroatoms. The SMILES string of the molecule is CCOc1ccccc1-n1c(C(C)N2CCN(C(=O)C3CCCCC3)CC2)nc2ccccc2c1=O. The first-order valence-corrected chi connectivity index (χ1v) is 13.3. The van der Waals surface area contributed by atoms with Crippen LogP contribution in [0.4, 0.5) is 0 Å². The second-order valence-electron chi connectivity index (χ2n) is 9.90. The van der Waals surface area contributed by atoms with Gasteiger partial charge in [-0.15, -0.1) is 0 Å². The van der Waals surface area contributed by atoms with Crippen molar-refractivity contribution in [2.75, 3.05) is 32.8 Å². The van der Waals surface area contributed by atoms with Gasteiger partial charge in [-0.25, -0.2) is 4.98 Å². The minimum absolute atomic E-state index is 0.0966. The molecule has 5 rings (SSSR count). The first kappa shape index (κ1) is 24.5. The number of amides is 1. The van der Waals surface area contributed by atoms with Crippen molar-refractivity contribution in [1.29, 1.82) is 0 Å². The van der Waals surface area contributed by atoms with Gasteiger partial charge in [-0.2, -0.15) is 0 Å². The zero-order chi connectivity index (χ0) is 25.1. The molecule has 36 heavy (non-hydrogen) atoms. The van der Waals surface area contributed by atoms with E-state index in [2.05, 4.69) is 11.8 Å². The van der Waals surface area contributed by atoms with E-state index in [9.17, 15) is 9.59 Å². The number of nitrogens with zero attached hydrogens (tertiary/aromatic N) is 4. The van der Waals surface area contributed by atoms with Gasteiger partial charge in [0.25, 0.3) is 5.56 Å². The number of fused-ring (bicyclic) bond motifs is 1. The molecule has 1 amide bonds. The smallest absolute Gasteiger partial charge is 0.266 e. The van der Waals surface area contributed by atoms with E-state index in [1.165, 1.54) is 19.3 Å². The highest BCUT2D eigenvalue weighted by molar-refractivity contribution is 5.79. The summed E-state index contributed by atoms with van der Waals surface area (Å²) in [6.07, 6.45) is 5.65. The van der Waals surface area contributed by atoms with Crippen molar-refractivity contribution in [3.05, 3.63) is 64.7 Å². The highest BCUT2D eigenvalue weighted by Gasteiger charge is 2.31. The third-order valence-electron chi connectivity index (χ3n) is 7.71. The summed E-state index contributed by atoms with van der Waals surface area (Å²) in [5.41, 5.74) is 1.30. The summed E-state index contributed by atoms with van der Waals surface area (Å²) in [7, 11) is 0. The Morgan fingerprint density at radius 2 is 1.69 bits per heavy atom. The van der Waals surface area contributed by atoms with E-state index in [1.807, 2.05) is 60.4 Å². The molecule has 2 heterocycles. The molecule has 0 spiro atoms. The summed E-state index contributed by atoms with van der Waals surface area (Å²) >= 11 is 0. The lowest BCUT2D eigenvalue weighted by molar-refractivity contribution is -0.138. The topological polar surface area (TPSA) is 67.7 Å². The molecule has 2 aromatic carbocycles. The Kier molecular flexibility index (Phi) is 7.37. The Morgan fingerprint density at radius 1 is 1.00 bits per heavy atom. The number of hydrogen-bond acceptors (Lipinski definition) is 5. The number of piperazine rings is 1. The lowest BCUT2D eigenvalue weighted by Crippen LogP contribution is -2.51. The molecule has 1 saturated heterocycles. The average Bonchev–Trinajstić information content (AvgIpc) is 2.93. The molecule has 0 N–H and O–H groups in total. The first-order chi connectivity index (χ1) is 17.6. The van der Waals surface area contributed by atoms with Crippen molar-refractivity contribution >= 4 is 16.8 Å². The van der Waals surface area contributed by atoms with Crippen molar-refractivity contribution < 1.29 is 9.53 Å². The van der Waals surface area contributed by atoms with E-state index in [0.29, 0.717) is 53.8 Å². The van der Waals surface area contributed by atoms with Crippen LogP contribution in [0.3, 0.4) is 0 Å². The lowest BCUT2D eigenvalue weighted by atomic mass is 9.88. The third-order valence-corrected chi connectivity index (χ3v) is 7.71. The molecule has 3 aromatic rings. The largest absolute Gasteiger partial charge is 0.492 e. The van der Waals surface area contributed by atoms with Gasteiger partial charge in [-0.1, -0.05) is 43.5 Å². The fourth-order valence-corrected chi connectivity index (χ4v) is 5.68. The normalized spacial score (nSPS) is 18.3. The van der Waals surface area contributed by atoms with Crippen LogP contribution in [-0.2, 0) is 4.79 Å². The molecule has 2 aliphatic rings. The van der Waals surface area contributed by atoms with E-state index < -0.39 is 0 Å². The Balaban J connectivity index is 1.46. The van der Waals surface area contributed by atoms with Gasteiger partial charge in [-0.3, -0.25) is 19.1 Å². The number of ether oxygens (including phenoxy) is 1. The number of hydrogen-bond donors (Lipinski definition) is 0. The monoisotopic (exact) mass is 488 g/mol. The minimum atomic E-state index is -0.107. The molecular weight excluding hydrogens is 452 g/mol. The summed E-state index contributed by atoms with van der Waals surface area (Å²) in [5.74, 6) is 1.88. The van der Waals surface area contributed by atoms with Crippen LogP contribution < -0.4 is 10.3 Å². The fourth-order valence-electron chi connectivity index (χ4n) is 5.68. The van der Waals surface area contributed by atoms with Gasteiger partial charge in [0.2, 0.25) is 5.91 Å². The minimum Gasteiger partial charge on any atom is -0.492 e. The number of carbonyl (C=O) groups is 1. The van der Waals surface area contributed by atoms with E-state index in [0.717, 1.165) is 25.9 Å². The first-order valence-electron chi connectivity index (χ1n) is 13.3. The Morgan fingerprint density at radius 3 is 2.44 bits per heavy atom. The Bertz CT molecular complexity index is 1270. The summed E-state index contributed by atoms with van der Waals surface area (Å²) in [6, 6.07) is 15.0. The van der Waals surface area contributed by atoms with Gasteiger partial charge in [-0.05, 0) is 51.0 Å². The summed E-state index contributed by atoms with van der Waals surface area (Å²) < 4.78 is 7.61. The van der Waals surface area contributed by atoms with Gasteiger partial charge < -0.3 is 9.64 Å². The van der Waals surface area contributed by atoms with Crippen molar-refractivity contribution in [3.63, 3.8) is 0 Å². The summed E-state index contributed by atoms with van der Waals surface area (Å²) in [5, 5.41) is 0.586. The van der Waals surface area contributed by atoms with Crippen molar-refractivity contribution in [2.45, 2.75) is 52.0 Å². The van der Waals surface area contributed by atoms with Gasteiger partial charge in [0.15, 0.2) is 0 Å². The predicted octanol–water partition coefficient (Wildman–Crippen LogP) is 4.57. The van der Waals surface area contributed by atoms with Crippen LogP contribution in [0.2, 0.25) is 0 Å². The predicted molar refractivity (Wildman–Crippen MR) is 142 cm³/mol. The Labute approximate surface area is 212 Å². The van der Waals surface area contributed by atoms with Gasteiger partial charge in [0, 0.05) is 32.1 Å². The van der Waals surface area contributed by atoms with E-state index >= 15 is 0 Å². The quantitative estimate of drug-likeness (QED) is 0.509. The molecule has 190 valence electrons. The molecule has 1 atom stereocenters. The van der Waals surface area contributed by atoms with Crippen molar-refractivity contribution in [2.24, 2.45) is 5.92 Å². The maximum atomic E-state index is 13.8. The van der Waals surface area contributed by atoms with Crippen molar-refractivity contribution in [1.82, 2.24) is 19.4 Å². The van der Waals surface area contributed by atoms with Gasteiger partial charge in [0.05, 0.1) is 29.2 Å². The number of benzene rings is 2. The fraction of sp³-hybridized carbons (Fsp3) is 0.483. The highest BCUT2D eigenvalue weighted by Crippen LogP contribution is 2.29. The Hall–Kier alpha value is -3.19. The zero-order valence-corrected chi connectivity index (χ0v) is 21.4. The number of rotatable bonds is 6. The lowest BCUT2D eigenvalue weighted by Gasteiger charge is -2.39. The van der Waals surface area contributed by atoms with Crippen LogP contribution in [0.15, 0.2) is 53.3 Å². The second-order valence-corrected chi connectivity index (χ2v) is 9.90. The van der Waals surface area contributed by atoms with Crippen LogP contribution in [0.5, 0.6) is 5.75 Å². The van der Waals surface area contributed by atoms with Crippen LogP contribution in [0, 0.1) is 5.92 Å². The zero-order valence-electron chi connectivity index (χ0n) is 21.4. The molecule has 1 unspecified atom stereocenters. The molecule has 0 radical (unpaired) electrons. The molecule has 1 saturated carbocycles. The summed E-state index contributed by atoms with van der Waals surface area (Å²) in [4.78, 5) is 36.3. The van der Waals surface area contributed by atoms with E-state index in [4.69, 9.17) is 9.72 Å². The maximum absolute atomic E-state index is 13.8. The van der Waals surface area contributed by atoms with Gasteiger partial charge >= 0.3 is 0 Å². The summed E-state index contributed by atoms with van der Waals surface area (Å²) in [6.45, 7) is 7.50. The van der Waals surface area contributed by atoms with E-state index in [-0.39, 0.29) is 17.5 Å². The average molecular weight is 489 g/mol. The van der Waals surface area contributed by atoms with Crippen LogP contribution in [0.25, 0.3) is 16.6 Å². The molecular formula is C29H36N4O3. The number of aromatic nitrogens is 2. The van der Waals surface area contributed by atoms with Gasteiger partial charge in [0.1, 0.15) is 11.6 Å². The standard InChI is InChI=1S/C29H36N4O3/c1-3-36-26-16-10-9-15-25(26)33-27(30-24-14-8-7-13-23(24)29(33)35)21(2)31-17-19-32(20-18-31)28(34)22-11-5-4-6-12-22/h7-10,13-16,21-22H,3-6,11-12,17-20H2,1-2H3. The van der Waals surface area contributed by atoms with Crippen LogP contribution >= 0.6 is 0 Å². The molecule has 0 bridgehead atoms. The number of para-hydroxylation sites is 3. The molecule has 1 aliphatic carbocycles. The second kappa shape index (κ2) is 10.8.